The molecule has 3 aromatic rings. The van der Waals surface area contributed by atoms with Gasteiger partial charge in [0, 0.05) is 5.02 Å². The number of thiocarbonyl (C=S) groups is 1. The van der Waals surface area contributed by atoms with Crippen LogP contribution >= 0.6 is 35.2 Å². The number of nitrogens with one attached hydrogen (secondary N) is 2. The van der Waals surface area contributed by atoms with Crippen molar-refractivity contribution in [3.8, 4) is 5.75 Å². The molecule has 1 heterocycles. The van der Waals surface area contributed by atoms with Crippen molar-refractivity contribution in [1.29, 1.82) is 0 Å². The molecule has 0 aliphatic rings. The quantitative estimate of drug-likeness (QED) is 0.627. The average Bonchev–Trinajstić information content (AvgIpc) is 2.95. The van der Waals surface area contributed by atoms with Crippen molar-refractivity contribution in [3.05, 3.63) is 52.5 Å². The summed E-state index contributed by atoms with van der Waals surface area (Å²) in [5, 5.41) is 6.89. The van der Waals surface area contributed by atoms with E-state index in [1.807, 2.05) is 44.2 Å². The highest BCUT2D eigenvalue weighted by molar-refractivity contribution is 7.80. The predicted octanol–water partition coefficient (Wildman–Crippen LogP) is 4.46. The normalized spacial score (nSPS) is 10.6. The summed E-state index contributed by atoms with van der Waals surface area (Å²) in [6.07, 6.45) is 0. The van der Waals surface area contributed by atoms with E-state index in [2.05, 4.69) is 15.6 Å². The van der Waals surface area contributed by atoms with E-state index >= 15 is 0 Å². The van der Waals surface area contributed by atoms with E-state index in [0.717, 1.165) is 21.3 Å². The fourth-order valence-electron chi connectivity index (χ4n) is 2.35. The van der Waals surface area contributed by atoms with E-state index in [-0.39, 0.29) is 17.6 Å². The second kappa shape index (κ2) is 7.99. The van der Waals surface area contributed by atoms with Gasteiger partial charge in [-0.2, -0.15) is 0 Å². The van der Waals surface area contributed by atoms with E-state index in [4.69, 9.17) is 28.6 Å². The van der Waals surface area contributed by atoms with Crippen molar-refractivity contribution < 1.29 is 9.53 Å². The molecule has 8 heteroatoms. The van der Waals surface area contributed by atoms with Crippen LogP contribution in [0.15, 0.2) is 36.4 Å². The molecule has 2 N–H and O–H groups in total. The first-order valence-corrected chi connectivity index (χ1v) is 9.38. The molecule has 26 heavy (non-hydrogen) atoms. The Morgan fingerprint density at radius 2 is 2.08 bits per heavy atom. The lowest BCUT2D eigenvalue weighted by molar-refractivity contribution is -0.121. The Bertz CT molecular complexity index is 988. The number of aromatic nitrogens is 1. The molecule has 0 spiro atoms. The van der Waals surface area contributed by atoms with Crippen molar-refractivity contribution in [1.82, 2.24) is 10.3 Å². The summed E-state index contributed by atoms with van der Waals surface area (Å²) >= 11 is 12.5. The van der Waals surface area contributed by atoms with Gasteiger partial charge in [-0.3, -0.25) is 10.1 Å². The van der Waals surface area contributed by atoms with Gasteiger partial charge in [0.15, 0.2) is 16.9 Å². The van der Waals surface area contributed by atoms with Crippen LogP contribution < -0.4 is 15.4 Å². The highest BCUT2D eigenvalue weighted by Gasteiger charge is 2.10. The SMILES string of the molecule is Cc1ccc(OCC(=O)NC(=S)Nc2nc3ccc(Cl)cc3s2)c(C)c1. The summed E-state index contributed by atoms with van der Waals surface area (Å²) in [7, 11) is 0. The minimum absolute atomic E-state index is 0.124. The van der Waals surface area contributed by atoms with Crippen molar-refractivity contribution in [2.24, 2.45) is 0 Å². The number of rotatable bonds is 4. The summed E-state index contributed by atoms with van der Waals surface area (Å²) in [4.78, 5) is 16.4. The molecule has 0 radical (unpaired) electrons. The molecule has 1 aromatic heterocycles. The summed E-state index contributed by atoms with van der Waals surface area (Å²) in [5.74, 6) is 0.333. The summed E-state index contributed by atoms with van der Waals surface area (Å²) in [6, 6.07) is 11.2. The number of amides is 1. The molecule has 134 valence electrons. The van der Waals surface area contributed by atoms with Crippen LogP contribution in [0.2, 0.25) is 5.02 Å². The second-order valence-corrected chi connectivity index (χ2v) is 7.57. The zero-order valence-electron chi connectivity index (χ0n) is 14.1. The maximum Gasteiger partial charge on any atom is 0.264 e. The molecule has 3 rings (SSSR count). The number of benzene rings is 2. The van der Waals surface area contributed by atoms with Crippen LogP contribution in [0, 0.1) is 13.8 Å². The Morgan fingerprint density at radius 1 is 1.27 bits per heavy atom. The second-order valence-electron chi connectivity index (χ2n) is 5.69. The molecular formula is C18H16ClN3O2S2. The van der Waals surface area contributed by atoms with E-state index < -0.39 is 0 Å². The molecular weight excluding hydrogens is 390 g/mol. The monoisotopic (exact) mass is 405 g/mol. The van der Waals surface area contributed by atoms with Crippen LogP contribution in [0.5, 0.6) is 5.75 Å². The lowest BCUT2D eigenvalue weighted by Gasteiger charge is -2.10. The first-order valence-electron chi connectivity index (χ1n) is 7.78. The van der Waals surface area contributed by atoms with Crippen molar-refractivity contribution >= 4 is 61.5 Å². The number of carbonyl (C=O) groups is 1. The molecule has 0 aliphatic carbocycles. The molecule has 5 nitrogen and oxygen atoms in total. The Balaban J connectivity index is 1.54. The summed E-state index contributed by atoms with van der Waals surface area (Å²) in [5.41, 5.74) is 2.93. The third-order valence-corrected chi connectivity index (χ3v) is 4.89. The largest absolute Gasteiger partial charge is 0.483 e. The summed E-state index contributed by atoms with van der Waals surface area (Å²) in [6.45, 7) is 3.82. The van der Waals surface area contributed by atoms with Gasteiger partial charge in [-0.05, 0) is 55.9 Å². The molecule has 2 aromatic carbocycles. The lowest BCUT2D eigenvalue weighted by Crippen LogP contribution is -2.37. The van der Waals surface area contributed by atoms with E-state index in [0.29, 0.717) is 15.9 Å². The van der Waals surface area contributed by atoms with Gasteiger partial charge in [-0.15, -0.1) is 0 Å². The molecule has 0 bridgehead atoms. The van der Waals surface area contributed by atoms with Gasteiger partial charge >= 0.3 is 0 Å². The third-order valence-electron chi connectivity index (χ3n) is 3.51. The zero-order chi connectivity index (χ0) is 18.7. The van der Waals surface area contributed by atoms with E-state index in [1.165, 1.54) is 11.3 Å². The topological polar surface area (TPSA) is 63.2 Å². The molecule has 0 fully saturated rings. The highest BCUT2D eigenvalue weighted by atomic mass is 35.5. The molecule has 0 saturated carbocycles. The van der Waals surface area contributed by atoms with Crippen molar-refractivity contribution in [3.63, 3.8) is 0 Å². The van der Waals surface area contributed by atoms with Crippen LogP contribution in [0.3, 0.4) is 0 Å². The van der Waals surface area contributed by atoms with Gasteiger partial charge in [0.1, 0.15) is 5.75 Å². The maximum atomic E-state index is 12.0. The minimum atomic E-state index is -0.341. The fourth-order valence-corrected chi connectivity index (χ4v) is 3.77. The number of anilines is 1. The standard InChI is InChI=1S/C18H16ClN3O2S2/c1-10-3-6-14(11(2)7-10)24-9-16(23)21-17(25)22-18-20-13-5-4-12(19)8-15(13)26-18/h3-8H,9H2,1-2H3,(H2,20,21,22,23,25). The number of halogens is 1. The lowest BCUT2D eigenvalue weighted by atomic mass is 10.1. The number of aryl methyl sites for hydroxylation is 2. The smallest absolute Gasteiger partial charge is 0.264 e. The first-order chi connectivity index (χ1) is 12.4. The van der Waals surface area contributed by atoms with Gasteiger partial charge in [-0.25, -0.2) is 4.98 Å². The zero-order valence-corrected chi connectivity index (χ0v) is 16.5. The molecule has 0 atom stereocenters. The molecule has 1 amide bonds. The summed E-state index contributed by atoms with van der Waals surface area (Å²) < 4.78 is 6.48. The Kier molecular flexibility index (Phi) is 5.70. The van der Waals surface area contributed by atoms with Crippen LogP contribution in [-0.4, -0.2) is 22.6 Å². The number of thiazole rings is 1. The number of ether oxygens (including phenoxy) is 1. The van der Waals surface area contributed by atoms with Crippen LogP contribution in [0.4, 0.5) is 5.13 Å². The maximum absolute atomic E-state index is 12.0. The molecule has 0 aliphatic heterocycles. The molecule has 0 unspecified atom stereocenters. The van der Waals surface area contributed by atoms with Gasteiger partial charge < -0.3 is 10.1 Å². The minimum Gasteiger partial charge on any atom is -0.483 e. The fraction of sp³-hybridized carbons (Fsp3) is 0.167. The number of fused-ring (bicyclic) bond motifs is 1. The van der Waals surface area contributed by atoms with Crippen molar-refractivity contribution in [2.45, 2.75) is 13.8 Å². The number of hydrogen-bond acceptors (Lipinski definition) is 5. The van der Waals surface area contributed by atoms with Gasteiger partial charge in [-0.1, -0.05) is 40.6 Å². The van der Waals surface area contributed by atoms with Gasteiger partial charge in [0.2, 0.25) is 0 Å². The Hall–Kier alpha value is -2.22. The number of nitrogens with zero attached hydrogens (tertiary/aromatic N) is 1. The first kappa shape index (κ1) is 18.6. The Morgan fingerprint density at radius 3 is 2.85 bits per heavy atom. The number of carbonyl (C=O) groups excluding carboxylic acids is 1. The van der Waals surface area contributed by atoms with Crippen LogP contribution in [-0.2, 0) is 4.79 Å². The van der Waals surface area contributed by atoms with Crippen molar-refractivity contribution in [2.75, 3.05) is 11.9 Å². The third kappa shape index (κ3) is 4.69. The highest BCUT2D eigenvalue weighted by Crippen LogP contribution is 2.28. The van der Waals surface area contributed by atoms with Gasteiger partial charge in [0.25, 0.3) is 5.91 Å². The van der Waals surface area contributed by atoms with E-state index in [1.54, 1.807) is 6.07 Å². The number of hydrogen-bond donors (Lipinski definition) is 2. The van der Waals surface area contributed by atoms with Crippen LogP contribution in [0.25, 0.3) is 10.2 Å². The predicted molar refractivity (Wildman–Crippen MR) is 110 cm³/mol. The average molecular weight is 406 g/mol. The molecule has 0 saturated heterocycles. The van der Waals surface area contributed by atoms with Crippen LogP contribution in [0.1, 0.15) is 11.1 Å². The van der Waals surface area contributed by atoms with Gasteiger partial charge in [0.05, 0.1) is 10.2 Å². The van der Waals surface area contributed by atoms with E-state index in [9.17, 15) is 4.79 Å². The Labute approximate surface area is 165 Å².